The fourth-order valence-electron chi connectivity index (χ4n) is 0.897. The number of aliphatic hydroxyl groups excluding tert-OH is 1. The number of aromatic nitrogens is 1. The molecule has 0 aromatic carbocycles. The minimum atomic E-state index is -0.0338. The average molecular weight is 217 g/mol. The van der Waals surface area contributed by atoms with E-state index in [0.29, 0.717) is 12.0 Å². The quantitative estimate of drug-likeness (QED) is 0.768. The first-order chi connectivity index (χ1) is 6.20. The molecule has 0 saturated carbocycles. The predicted octanol–water partition coefficient (Wildman–Crippen LogP) is 1.79. The summed E-state index contributed by atoms with van der Waals surface area (Å²) in [5, 5.41) is 17.7. The summed E-state index contributed by atoms with van der Waals surface area (Å²) in [7, 11) is 0. The number of aliphatic hydroxyl groups is 1. The Kier molecular flexibility index (Phi) is 3.49. The van der Waals surface area contributed by atoms with E-state index in [2.05, 4.69) is 4.98 Å². The highest BCUT2D eigenvalue weighted by Gasteiger charge is 2.10. The van der Waals surface area contributed by atoms with Crippen LogP contribution < -0.4 is 0 Å². The molecule has 0 aliphatic carbocycles. The maximum absolute atomic E-state index is 8.67. The lowest BCUT2D eigenvalue weighted by Gasteiger charge is -2.03. The molecule has 1 N–H and O–H groups in total. The van der Waals surface area contributed by atoms with Crippen molar-refractivity contribution in [3.05, 3.63) is 27.5 Å². The molecule has 0 saturated heterocycles. The molecule has 68 valence electrons. The van der Waals surface area contributed by atoms with Gasteiger partial charge in [0.25, 0.3) is 0 Å². The van der Waals surface area contributed by atoms with Gasteiger partial charge in [-0.15, -0.1) is 0 Å². The smallest absolute Gasteiger partial charge is 0.148 e. The Morgan fingerprint density at radius 3 is 2.77 bits per heavy atom. The van der Waals surface area contributed by atoms with Crippen molar-refractivity contribution >= 4 is 23.2 Å². The standard InChI is InChI=1S/C8H6Cl2N2O/c9-7-5(1-2-13)4-12-8(10)6(7)3-11/h4,13H,1-2H2. The van der Waals surface area contributed by atoms with Gasteiger partial charge in [-0.1, -0.05) is 23.2 Å². The Morgan fingerprint density at radius 2 is 2.23 bits per heavy atom. The molecule has 1 aromatic heterocycles. The molecule has 13 heavy (non-hydrogen) atoms. The van der Waals surface area contributed by atoms with Gasteiger partial charge >= 0.3 is 0 Å². The van der Waals surface area contributed by atoms with Gasteiger partial charge in [-0.3, -0.25) is 0 Å². The van der Waals surface area contributed by atoms with Gasteiger partial charge in [0, 0.05) is 12.8 Å². The summed E-state index contributed by atoms with van der Waals surface area (Å²) in [6.07, 6.45) is 1.83. The molecule has 1 heterocycles. The molecule has 0 unspecified atom stereocenters. The zero-order chi connectivity index (χ0) is 9.84. The van der Waals surface area contributed by atoms with Gasteiger partial charge < -0.3 is 5.11 Å². The number of halogens is 2. The second-order valence-corrected chi connectivity index (χ2v) is 3.08. The Labute approximate surface area is 85.5 Å². The van der Waals surface area contributed by atoms with Crippen molar-refractivity contribution < 1.29 is 5.11 Å². The van der Waals surface area contributed by atoms with Crippen LogP contribution in [0.3, 0.4) is 0 Å². The summed E-state index contributed by atoms with van der Waals surface area (Å²) < 4.78 is 0. The van der Waals surface area contributed by atoms with Gasteiger partial charge in [-0.05, 0) is 12.0 Å². The Bertz CT molecular complexity index is 360. The fraction of sp³-hybridized carbons (Fsp3) is 0.250. The molecular weight excluding hydrogens is 211 g/mol. The summed E-state index contributed by atoms with van der Waals surface area (Å²) in [6.45, 7) is -0.0338. The van der Waals surface area contributed by atoms with Crippen molar-refractivity contribution in [3.63, 3.8) is 0 Å². The molecule has 0 aliphatic rings. The van der Waals surface area contributed by atoms with Crippen molar-refractivity contribution in [2.75, 3.05) is 6.61 Å². The molecule has 0 atom stereocenters. The van der Waals surface area contributed by atoms with E-state index in [1.807, 2.05) is 6.07 Å². The van der Waals surface area contributed by atoms with Crippen molar-refractivity contribution in [2.24, 2.45) is 0 Å². The lowest BCUT2D eigenvalue weighted by atomic mass is 10.1. The lowest BCUT2D eigenvalue weighted by molar-refractivity contribution is 0.299. The van der Waals surface area contributed by atoms with Crippen molar-refractivity contribution in [1.82, 2.24) is 4.98 Å². The third-order valence-electron chi connectivity index (χ3n) is 1.53. The van der Waals surface area contributed by atoms with E-state index in [4.69, 9.17) is 33.6 Å². The van der Waals surface area contributed by atoms with E-state index in [9.17, 15) is 0 Å². The first-order valence-corrected chi connectivity index (χ1v) is 4.30. The van der Waals surface area contributed by atoms with Crippen LogP contribution in [-0.2, 0) is 6.42 Å². The van der Waals surface area contributed by atoms with Crippen molar-refractivity contribution in [1.29, 1.82) is 5.26 Å². The van der Waals surface area contributed by atoms with E-state index in [1.165, 1.54) is 6.20 Å². The highest BCUT2D eigenvalue weighted by Crippen LogP contribution is 2.25. The maximum Gasteiger partial charge on any atom is 0.148 e. The van der Waals surface area contributed by atoms with Gasteiger partial charge in [0.1, 0.15) is 16.8 Å². The minimum Gasteiger partial charge on any atom is -0.396 e. The highest BCUT2D eigenvalue weighted by atomic mass is 35.5. The predicted molar refractivity (Wildman–Crippen MR) is 49.8 cm³/mol. The van der Waals surface area contributed by atoms with E-state index in [1.54, 1.807) is 0 Å². The van der Waals surface area contributed by atoms with Crippen LogP contribution in [0.1, 0.15) is 11.1 Å². The third-order valence-corrected chi connectivity index (χ3v) is 2.25. The molecule has 0 bridgehead atoms. The van der Waals surface area contributed by atoms with Crippen molar-refractivity contribution in [2.45, 2.75) is 6.42 Å². The average Bonchev–Trinajstić information content (AvgIpc) is 2.11. The SMILES string of the molecule is N#Cc1c(Cl)ncc(CCO)c1Cl. The van der Waals surface area contributed by atoms with Crippen LogP contribution in [0.5, 0.6) is 0 Å². The molecule has 1 rings (SSSR count). The molecule has 1 aromatic rings. The third kappa shape index (κ3) is 2.10. The summed E-state index contributed by atoms with van der Waals surface area (Å²) in [5.74, 6) is 0. The molecule has 5 heteroatoms. The number of nitriles is 1. The second kappa shape index (κ2) is 4.43. The van der Waals surface area contributed by atoms with Gasteiger partial charge in [0.05, 0.1) is 5.02 Å². The van der Waals surface area contributed by atoms with Crippen LogP contribution >= 0.6 is 23.2 Å². The maximum atomic E-state index is 8.67. The minimum absolute atomic E-state index is 0.0338. The molecule has 0 radical (unpaired) electrons. The first kappa shape index (κ1) is 10.3. The van der Waals surface area contributed by atoms with Crippen LogP contribution in [0.2, 0.25) is 10.2 Å². The molecule has 0 aliphatic heterocycles. The van der Waals surface area contributed by atoms with E-state index in [-0.39, 0.29) is 22.3 Å². The van der Waals surface area contributed by atoms with Crippen molar-refractivity contribution in [3.8, 4) is 6.07 Å². The van der Waals surface area contributed by atoms with Gasteiger partial charge in [-0.2, -0.15) is 5.26 Å². The second-order valence-electron chi connectivity index (χ2n) is 2.35. The summed E-state index contributed by atoms with van der Waals surface area (Å²) in [6, 6.07) is 1.85. The van der Waals surface area contributed by atoms with Crippen LogP contribution in [0.4, 0.5) is 0 Å². The Balaban J connectivity index is 3.21. The van der Waals surface area contributed by atoms with Crippen LogP contribution in [0.15, 0.2) is 6.20 Å². The van der Waals surface area contributed by atoms with Crippen LogP contribution in [-0.4, -0.2) is 16.7 Å². The largest absolute Gasteiger partial charge is 0.396 e. The van der Waals surface area contributed by atoms with E-state index < -0.39 is 0 Å². The molecule has 0 fully saturated rings. The Morgan fingerprint density at radius 1 is 1.54 bits per heavy atom. The summed E-state index contributed by atoms with van der Waals surface area (Å²) in [4.78, 5) is 3.78. The Hall–Kier alpha value is -0.820. The van der Waals surface area contributed by atoms with E-state index >= 15 is 0 Å². The highest BCUT2D eigenvalue weighted by molar-refractivity contribution is 6.36. The van der Waals surface area contributed by atoms with Gasteiger partial charge in [-0.25, -0.2) is 4.98 Å². The number of nitrogens with zero attached hydrogens (tertiary/aromatic N) is 2. The van der Waals surface area contributed by atoms with Crippen LogP contribution in [0.25, 0.3) is 0 Å². The lowest BCUT2D eigenvalue weighted by Crippen LogP contribution is -1.96. The van der Waals surface area contributed by atoms with E-state index in [0.717, 1.165) is 0 Å². The van der Waals surface area contributed by atoms with Gasteiger partial charge in [0.2, 0.25) is 0 Å². The number of hydrogen-bond donors (Lipinski definition) is 1. The van der Waals surface area contributed by atoms with Crippen LogP contribution in [0, 0.1) is 11.3 Å². The zero-order valence-electron chi connectivity index (χ0n) is 6.59. The molecular formula is C8H6Cl2N2O. The van der Waals surface area contributed by atoms with Gasteiger partial charge in [0.15, 0.2) is 0 Å². The monoisotopic (exact) mass is 216 g/mol. The number of pyridine rings is 1. The zero-order valence-corrected chi connectivity index (χ0v) is 8.10. The normalized spacial score (nSPS) is 9.69. The molecule has 0 spiro atoms. The first-order valence-electron chi connectivity index (χ1n) is 3.54. The topological polar surface area (TPSA) is 56.9 Å². The molecule has 3 nitrogen and oxygen atoms in total. The number of rotatable bonds is 2. The fourth-order valence-corrected chi connectivity index (χ4v) is 1.41. The summed E-state index contributed by atoms with van der Waals surface area (Å²) in [5.41, 5.74) is 0.791. The summed E-state index contributed by atoms with van der Waals surface area (Å²) >= 11 is 11.5. The molecule has 0 amide bonds. The number of hydrogen-bond acceptors (Lipinski definition) is 3.